The van der Waals surface area contributed by atoms with Gasteiger partial charge in [-0.05, 0) is 76.1 Å². The Morgan fingerprint density at radius 1 is 1.40 bits per heavy atom. The molecule has 0 bridgehead atoms. The summed E-state index contributed by atoms with van der Waals surface area (Å²) in [5.74, 6) is 0. The third-order valence-corrected chi connectivity index (χ3v) is 5.66. The van der Waals surface area contributed by atoms with Crippen molar-refractivity contribution in [2.24, 2.45) is 0 Å². The highest BCUT2D eigenvalue weighted by Crippen LogP contribution is 2.30. The Kier molecular flexibility index (Phi) is 5.67. The molecule has 108 valence electrons. The zero-order chi connectivity index (χ0) is 14.9. The maximum Gasteiger partial charge on any atom is 0.0856 e. The summed E-state index contributed by atoms with van der Waals surface area (Å²) in [5, 5.41) is 15.0. The van der Waals surface area contributed by atoms with Gasteiger partial charge >= 0.3 is 0 Å². The lowest BCUT2D eigenvalue weighted by Crippen LogP contribution is -2.10. The molecule has 0 aliphatic rings. The van der Waals surface area contributed by atoms with E-state index >= 15 is 0 Å². The Morgan fingerprint density at radius 2 is 2.10 bits per heavy atom. The lowest BCUT2D eigenvalue weighted by molar-refractivity contribution is 0.174. The Morgan fingerprint density at radius 3 is 2.75 bits per heavy atom. The standard InChI is InChI=1S/C14H15Br2IN2O/c1-3-19-12(14(16)8(2)18-19)7-13(20)10-6-9(15)4-5-11(10)17/h4-6,13,20H,3,7H2,1-2H3. The number of nitrogens with zero attached hydrogens (tertiary/aromatic N) is 2. The number of aromatic nitrogens is 2. The summed E-state index contributed by atoms with van der Waals surface area (Å²) >= 11 is 9.28. The number of hydrogen-bond acceptors (Lipinski definition) is 2. The van der Waals surface area contributed by atoms with Crippen molar-refractivity contribution in [3.05, 3.63) is 47.7 Å². The van der Waals surface area contributed by atoms with Gasteiger partial charge in [0.25, 0.3) is 0 Å². The zero-order valence-corrected chi connectivity index (χ0v) is 16.5. The van der Waals surface area contributed by atoms with Crippen molar-refractivity contribution >= 4 is 54.5 Å². The predicted octanol–water partition coefficient (Wildman–Crippen LogP) is 4.62. The first kappa shape index (κ1) is 16.5. The zero-order valence-electron chi connectivity index (χ0n) is 11.2. The minimum Gasteiger partial charge on any atom is -0.388 e. The molecule has 20 heavy (non-hydrogen) atoms. The van der Waals surface area contributed by atoms with Crippen LogP contribution in [0.3, 0.4) is 0 Å². The van der Waals surface area contributed by atoms with Gasteiger partial charge in [-0.2, -0.15) is 5.10 Å². The molecule has 0 saturated carbocycles. The summed E-state index contributed by atoms with van der Waals surface area (Å²) in [5.41, 5.74) is 2.93. The molecule has 0 amide bonds. The van der Waals surface area contributed by atoms with Crippen LogP contribution >= 0.6 is 54.5 Å². The average molecular weight is 514 g/mol. The molecule has 1 heterocycles. The summed E-state index contributed by atoms with van der Waals surface area (Å²) in [7, 11) is 0. The topological polar surface area (TPSA) is 38.0 Å². The van der Waals surface area contributed by atoms with E-state index in [-0.39, 0.29) is 0 Å². The van der Waals surface area contributed by atoms with Crippen LogP contribution in [0.1, 0.15) is 30.0 Å². The van der Waals surface area contributed by atoms with Gasteiger partial charge in [0, 0.05) is 21.0 Å². The van der Waals surface area contributed by atoms with E-state index < -0.39 is 6.10 Å². The van der Waals surface area contributed by atoms with Gasteiger partial charge in [-0.15, -0.1) is 0 Å². The van der Waals surface area contributed by atoms with Crippen molar-refractivity contribution in [3.63, 3.8) is 0 Å². The Bertz CT molecular complexity index is 628. The molecule has 2 aromatic rings. The summed E-state index contributed by atoms with van der Waals surface area (Å²) in [6, 6.07) is 5.95. The fourth-order valence-corrected chi connectivity index (χ4v) is 3.65. The average Bonchev–Trinajstić information content (AvgIpc) is 2.69. The maximum atomic E-state index is 10.5. The molecule has 0 radical (unpaired) electrons. The molecule has 1 atom stereocenters. The SMILES string of the molecule is CCn1nc(C)c(Br)c1CC(O)c1cc(Br)ccc1I. The molecule has 0 saturated heterocycles. The quantitative estimate of drug-likeness (QED) is 0.606. The number of hydrogen-bond donors (Lipinski definition) is 1. The number of halogens is 3. The van der Waals surface area contributed by atoms with E-state index in [1.54, 1.807) is 0 Å². The molecule has 1 aromatic carbocycles. The van der Waals surface area contributed by atoms with Gasteiger partial charge in [0.15, 0.2) is 0 Å². The Labute approximate surface area is 149 Å². The van der Waals surface area contributed by atoms with Crippen LogP contribution < -0.4 is 0 Å². The summed E-state index contributed by atoms with van der Waals surface area (Å²) in [6.07, 6.45) is -0.000981. The van der Waals surface area contributed by atoms with Crippen molar-refractivity contribution in [1.29, 1.82) is 0 Å². The second kappa shape index (κ2) is 6.89. The first-order chi connectivity index (χ1) is 9.43. The van der Waals surface area contributed by atoms with E-state index in [9.17, 15) is 5.11 Å². The fourth-order valence-electron chi connectivity index (χ4n) is 2.13. The molecule has 3 nitrogen and oxygen atoms in total. The minimum atomic E-state index is -0.544. The molecule has 0 fully saturated rings. The number of aryl methyl sites for hydroxylation is 2. The van der Waals surface area contributed by atoms with Gasteiger partial charge in [-0.1, -0.05) is 15.9 Å². The van der Waals surface area contributed by atoms with Gasteiger partial charge in [-0.3, -0.25) is 4.68 Å². The lowest BCUT2D eigenvalue weighted by Gasteiger charge is -2.14. The van der Waals surface area contributed by atoms with Crippen LogP contribution in [0.5, 0.6) is 0 Å². The highest BCUT2D eigenvalue weighted by molar-refractivity contribution is 14.1. The van der Waals surface area contributed by atoms with Gasteiger partial charge in [0.05, 0.1) is 22.0 Å². The Balaban J connectivity index is 2.32. The smallest absolute Gasteiger partial charge is 0.0856 e. The van der Waals surface area contributed by atoms with Gasteiger partial charge in [0.1, 0.15) is 0 Å². The second-order valence-electron chi connectivity index (χ2n) is 4.55. The number of aliphatic hydroxyl groups excluding tert-OH is 1. The van der Waals surface area contributed by atoms with E-state index in [1.165, 1.54) is 0 Å². The first-order valence-electron chi connectivity index (χ1n) is 6.28. The third-order valence-electron chi connectivity index (χ3n) is 3.16. The van der Waals surface area contributed by atoms with E-state index in [1.807, 2.05) is 29.8 Å². The van der Waals surface area contributed by atoms with Crippen LogP contribution in [0.25, 0.3) is 0 Å². The van der Waals surface area contributed by atoms with Crippen molar-refractivity contribution in [2.75, 3.05) is 0 Å². The van der Waals surface area contributed by atoms with E-state index in [0.717, 1.165) is 36.0 Å². The summed E-state index contributed by atoms with van der Waals surface area (Å²) in [6.45, 7) is 4.82. The van der Waals surface area contributed by atoms with Crippen LogP contribution in [0.2, 0.25) is 0 Å². The minimum absolute atomic E-state index is 0.543. The Hall–Kier alpha value is 0.0800. The van der Waals surface area contributed by atoms with Crippen LogP contribution in [0, 0.1) is 10.5 Å². The van der Waals surface area contributed by atoms with Crippen molar-refractivity contribution in [3.8, 4) is 0 Å². The van der Waals surface area contributed by atoms with E-state index in [2.05, 4.69) is 66.5 Å². The molecule has 1 aromatic heterocycles. The van der Waals surface area contributed by atoms with E-state index in [0.29, 0.717) is 6.42 Å². The van der Waals surface area contributed by atoms with Gasteiger partial charge in [-0.25, -0.2) is 0 Å². The molecule has 0 spiro atoms. The monoisotopic (exact) mass is 512 g/mol. The molecular weight excluding hydrogens is 499 g/mol. The van der Waals surface area contributed by atoms with Crippen LogP contribution in [0.15, 0.2) is 27.1 Å². The van der Waals surface area contributed by atoms with Crippen molar-refractivity contribution < 1.29 is 5.11 Å². The highest BCUT2D eigenvalue weighted by atomic mass is 127. The first-order valence-corrected chi connectivity index (χ1v) is 8.95. The number of rotatable bonds is 4. The molecule has 6 heteroatoms. The molecule has 1 N–H and O–H groups in total. The predicted molar refractivity (Wildman–Crippen MR) is 95.9 cm³/mol. The lowest BCUT2D eigenvalue weighted by atomic mass is 10.0. The maximum absolute atomic E-state index is 10.5. The molecule has 1 unspecified atom stereocenters. The summed E-state index contributed by atoms with van der Waals surface area (Å²) in [4.78, 5) is 0. The summed E-state index contributed by atoms with van der Waals surface area (Å²) < 4.78 is 4.97. The third kappa shape index (κ3) is 3.45. The molecule has 0 aliphatic carbocycles. The fraction of sp³-hybridized carbons (Fsp3) is 0.357. The largest absolute Gasteiger partial charge is 0.388 e. The van der Waals surface area contributed by atoms with Gasteiger partial charge < -0.3 is 5.11 Å². The van der Waals surface area contributed by atoms with Crippen LogP contribution in [-0.4, -0.2) is 14.9 Å². The number of benzene rings is 1. The van der Waals surface area contributed by atoms with Crippen LogP contribution in [0.4, 0.5) is 0 Å². The van der Waals surface area contributed by atoms with E-state index in [4.69, 9.17) is 0 Å². The van der Waals surface area contributed by atoms with Crippen LogP contribution in [-0.2, 0) is 13.0 Å². The highest BCUT2D eigenvalue weighted by Gasteiger charge is 2.19. The van der Waals surface area contributed by atoms with Crippen molar-refractivity contribution in [1.82, 2.24) is 9.78 Å². The second-order valence-corrected chi connectivity index (χ2v) is 7.42. The normalized spacial score (nSPS) is 12.7. The van der Waals surface area contributed by atoms with Crippen molar-refractivity contribution in [2.45, 2.75) is 32.9 Å². The molecular formula is C14H15Br2IN2O. The molecule has 0 aliphatic heterocycles. The number of aliphatic hydroxyl groups is 1. The molecule has 2 rings (SSSR count). The van der Waals surface area contributed by atoms with Gasteiger partial charge in [0.2, 0.25) is 0 Å².